The number of fused-ring (bicyclic) bond motifs is 1. The van der Waals surface area contributed by atoms with Crippen LogP contribution in [0.4, 0.5) is 11.6 Å². The van der Waals surface area contributed by atoms with E-state index >= 15 is 0 Å². The van der Waals surface area contributed by atoms with E-state index in [0.29, 0.717) is 37.8 Å². The third-order valence-electron chi connectivity index (χ3n) is 6.16. The highest BCUT2D eigenvalue weighted by Gasteiger charge is 2.24. The Bertz CT molecular complexity index is 1340. The van der Waals surface area contributed by atoms with Crippen LogP contribution in [0.1, 0.15) is 27.3 Å². The van der Waals surface area contributed by atoms with Crippen molar-refractivity contribution in [1.29, 1.82) is 0 Å². The molecule has 1 saturated heterocycles. The van der Waals surface area contributed by atoms with Gasteiger partial charge in [-0.3, -0.25) is 9.78 Å². The molecule has 2 aromatic heterocycles. The van der Waals surface area contributed by atoms with E-state index < -0.39 is 0 Å². The van der Waals surface area contributed by atoms with Crippen LogP contribution in [0.3, 0.4) is 0 Å². The number of nitrogens with zero attached hydrogens (tertiary/aromatic N) is 4. The Morgan fingerprint density at radius 2 is 1.91 bits per heavy atom. The second-order valence-electron chi connectivity index (χ2n) is 9.11. The Morgan fingerprint density at radius 3 is 2.77 bits per heavy atom. The second kappa shape index (κ2) is 10.2. The topological polar surface area (TPSA) is 80.2 Å². The predicted molar refractivity (Wildman–Crippen MR) is 137 cm³/mol. The molecule has 3 heterocycles. The van der Waals surface area contributed by atoms with Gasteiger partial charge in [0, 0.05) is 53.2 Å². The molecule has 0 radical (unpaired) electrons. The molecule has 1 N–H and O–H groups in total. The van der Waals surface area contributed by atoms with Gasteiger partial charge in [0.25, 0.3) is 5.91 Å². The molecule has 7 nitrogen and oxygen atoms in total. The van der Waals surface area contributed by atoms with Gasteiger partial charge >= 0.3 is 0 Å². The van der Waals surface area contributed by atoms with E-state index in [1.807, 2.05) is 61.3 Å². The summed E-state index contributed by atoms with van der Waals surface area (Å²) in [4.78, 5) is 28.6. The van der Waals surface area contributed by atoms with Gasteiger partial charge in [-0.05, 0) is 68.3 Å². The average molecular weight is 468 g/mol. The number of carbonyl (C=O) groups is 1. The van der Waals surface area contributed by atoms with Crippen molar-refractivity contribution in [3.05, 3.63) is 89.4 Å². The van der Waals surface area contributed by atoms with Gasteiger partial charge in [-0.1, -0.05) is 18.2 Å². The second-order valence-corrected chi connectivity index (χ2v) is 9.11. The van der Waals surface area contributed by atoms with Crippen molar-refractivity contribution in [2.75, 3.05) is 31.6 Å². The first-order valence-corrected chi connectivity index (χ1v) is 11.9. The molecule has 4 aromatic rings. The highest BCUT2D eigenvalue weighted by Crippen LogP contribution is 2.21. The highest BCUT2D eigenvalue weighted by molar-refractivity contribution is 5.95. The maximum Gasteiger partial charge on any atom is 0.254 e. The molecule has 1 amide bonds. The first-order chi connectivity index (χ1) is 17.0. The molecule has 0 saturated carbocycles. The van der Waals surface area contributed by atoms with Crippen LogP contribution in [0.2, 0.25) is 0 Å². The lowest BCUT2D eigenvalue weighted by Crippen LogP contribution is -2.36. The number of nitrogens with one attached hydrogen (secondary N) is 1. The first kappa shape index (κ1) is 22.9. The van der Waals surface area contributed by atoms with Crippen LogP contribution < -0.4 is 5.32 Å². The van der Waals surface area contributed by atoms with Crippen LogP contribution in [-0.2, 0) is 11.2 Å². The molecule has 1 aliphatic rings. The Balaban J connectivity index is 1.29. The van der Waals surface area contributed by atoms with Crippen LogP contribution in [0.5, 0.6) is 0 Å². The molecule has 1 aliphatic heterocycles. The van der Waals surface area contributed by atoms with E-state index in [-0.39, 0.29) is 11.8 Å². The number of pyridine rings is 1. The fourth-order valence-corrected chi connectivity index (χ4v) is 4.60. The maximum absolute atomic E-state index is 13.4. The Kier molecular flexibility index (Phi) is 6.68. The van der Waals surface area contributed by atoms with E-state index in [4.69, 9.17) is 4.74 Å². The summed E-state index contributed by atoms with van der Waals surface area (Å²) in [5, 5.41) is 4.36. The van der Waals surface area contributed by atoms with Gasteiger partial charge in [0.1, 0.15) is 0 Å². The fourth-order valence-electron chi connectivity index (χ4n) is 4.60. The molecule has 0 bridgehead atoms. The minimum Gasteiger partial charge on any atom is -0.379 e. The molecule has 7 heteroatoms. The summed E-state index contributed by atoms with van der Waals surface area (Å²) in [5.41, 5.74) is 5.43. The number of anilines is 2. The fraction of sp³-hybridized carbons (Fsp3) is 0.286. The number of hydrogen-bond acceptors (Lipinski definition) is 6. The van der Waals surface area contributed by atoms with E-state index in [1.54, 1.807) is 0 Å². The summed E-state index contributed by atoms with van der Waals surface area (Å²) in [6, 6.07) is 19.8. The number of carbonyl (C=O) groups excluding carboxylic acids is 1. The normalized spacial score (nSPS) is 16.2. The Hall–Kier alpha value is -3.84. The quantitative estimate of drug-likeness (QED) is 0.458. The molecule has 0 unspecified atom stereocenters. The van der Waals surface area contributed by atoms with Gasteiger partial charge in [-0.2, -0.15) is 0 Å². The summed E-state index contributed by atoms with van der Waals surface area (Å²) in [7, 11) is 0. The summed E-state index contributed by atoms with van der Waals surface area (Å²) in [5.74, 6) is 0.759. The molecule has 178 valence electrons. The van der Waals surface area contributed by atoms with Crippen molar-refractivity contribution in [1.82, 2.24) is 19.9 Å². The van der Waals surface area contributed by atoms with Gasteiger partial charge in [0.05, 0.1) is 18.7 Å². The largest absolute Gasteiger partial charge is 0.379 e. The van der Waals surface area contributed by atoms with E-state index in [1.165, 1.54) is 5.56 Å². The minimum absolute atomic E-state index is 0.00760. The number of hydrogen-bond donors (Lipinski definition) is 1. The molecule has 5 rings (SSSR count). The van der Waals surface area contributed by atoms with Crippen molar-refractivity contribution < 1.29 is 9.53 Å². The van der Waals surface area contributed by atoms with Gasteiger partial charge < -0.3 is 15.0 Å². The average Bonchev–Trinajstić information content (AvgIpc) is 3.08. The van der Waals surface area contributed by atoms with Crippen LogP contribution in [0, 0.1) is 19.8 Å². The maximum atomic E-state index is 13.4. The summed E-state index contributed by atoms with van der Waals surface area (Å²) in [6.07, 6.45) is 2.66. The van der Waals surface area contributed by atoms with Crippen molar-refractivity contribution in [2.45, 2.75) is 20.3 Å². The summed E-state index contributed by atoms with van der Waals surface area (Å²) in [6.45, 7) is 6.29. The molecular formula is C28H29N5O2. The number of aryl methyl sites for hydroxylation is 2. The first-order valence-electron chi connectivity index (χ1n) is 11.9. The smallest absolute Gasteiger partial charge is 0.254 e. The van der Waals surface area contributed by atoms with Gasteiger partial charge in [-0.25, -0.2) is 9.97 Å². The van der Waals surface area contributed by atoms with Crippen LogP contribution in [0.25, 0.3) is 10.9 Å². The number of benzene rings is 2. The van der Waals surface area contributed by atoms with Crippen molar-refractivity contribution in [3.63, 3.8) is 0 Å². The zero-order valence-corrected chi connectivity index (χ0v) is 20.1. The highest BCUT2D eigenvalue weighted by atomic mass is 16.5. The minimum atomic E-state index is 0.00760. The van der Waals surface area contributed by atoms with E-state index in [2.05, 4.69) is 44.5 Å². The molecule has 1 atom stereocenters. The van der Waals surface area contributed by atoms with Crippen LogP contribution >= 0.6 is 0 Å². The number of aromatic nitrogens is 3. The number of rotatable bonds is 5. The lowest BCUT2D eigenvalue weighted by Gasteiger charge is -2.24. The number of ether oxygens (including phenoxy) is 1. The molecule has 35 heavy (non-hydrogen) atoms. The lowest BCUT2D eigenvalue weighted by molar-refractivity contribution is 0.0737. The SMILES string of the molecule is Cc1cc(C)nc(Nc2cccc(C(=O)N3CCOC[C@@H](Cc4ccc5ncccc5c4)C3)c2)n1. The third-order valence-corrected chi connectivity index (χ3v) is 6.16. The van der Waals surface area contributed by atoms with Crippen molar-refractivity contribution >= 4 is 28.4 Å². The van der Waals surface area contributed by atoms with E-state index in [9.17, 15) is 4.79 Å². The van der Waals surface area contributed by atoms with Gasteiger partial charge in [0.2, 0.25) is 5.95 Å². The molecule has 2 aromatic carbocycles. The van der Waals surface area contributed by atoms with Gasteiger partial charge in [-0.15, -0.1) is 0 Å². The standard InChI is InChI=1S/C28H29N5O2/c1-19-13-20(2)31-28(30-19)32-25-7-3-5-24(16-25)27(34)33-11-12-35-18-22(17-33)14-21-8-9-26-23(15-21)6-4-10-29-26/h3-10,13,15-16,22H,11-12,14,17-18H2,1-2H3,(H,30,31,32)/t22-/m0/s1. The molecular weight excluding hydrogens is 438 g/mol. The van der Waals surface area contributed by atoms with Gasteiger partial charge in [0.15, 0.2) is 0 Å². The van der Waals surface area contributed by atoms with Crippen LogP contribution in [0.15, 0.2) is 66.9 Å². The zero-order valence-electron chi connectivity index (χ0n) is 20.1. The van der Waals surface area contributed by atoms with Crippen molar-refractivity contribution in [3.8, 4) is 0 Å². The predicted octanol–water partition coefficient (Wildman–Crippen LogP) is 4.72. The summed E-state index contributed by atoms with van der Waals surface area (Å²) < 4.78 is 5.87. The molecule has 0 spiro atoms. The Labute approximate surface area is 205 Å². The van der Waals surface area contributed by atoms with Crippen molar-refractivity contribution in [2.24, 2.45) is 5.92 Å². The van der Waals surface area contributed by atoms with Crippen LogP contribution in [-0.4, -0.2) is 52.1 Å². The molecule has 0 aliphatic carbocycles. The zero-order chi connectivity index (χ0) is 24.2. The third kappa shape index (κ3) is 5.63. The Morgan fingerprint density at radius 1 is 1.06 bits per heavy atom. The molecule has 1 fully saturated rings. The lowest BCUT2D eigenvalue weighted by atomic mass is 9.98. The number of amides is 1. The summed E-state index contributed by atoms with van der Waals surface area (Å²) >= 11 is 0. The monoisotopic (exact) mass is 467 g/mol. The van der Waals surface area contributed by atoms with E-state index in [0.717, 1.165) is 34.4 Å².